The molecule has 0 aliphatic rings. The largest absolute Gasteiger partial charge is 0.496 e. The fraction of sp³-hybridized carbons (Fsp3) is 0.316. The van der Waals surface area contributed by atoms with Crippen LogP contribution in [0.5, 0.6) is 11.5 Å². The van der Waals surface area contributed by atoms with Crippen LogP contribution in [-0.4, -0.2) is 25.8 Å². The van der Waals surface area contributed by atoms with E-state index in [1.165, 1.54) is 0 Å². The average molecular weight is 521 g/mol. The topological polar surface area (TPSA) is 18.5 Å². The first kappa shape index (κ1) is 21.6. The molecule has 0 saturated heterocycles. The van der Waals surface area contributed by atoms with Crippen LogP contribution in [-0.2, 0) is 27.5 Å². The van der Waals surface area contributed by atoms with Crippen molar-refractivity contribution in [2.45, 2.75) is 25.4 Å². The van der Waals surface area contributed by atoms with Gasteiger partial charge in [-0.15, -0.1) is 6.42 Å². The minimum Gasteiger partial charge on any atom is -0.496 e. The number of hydrogen-bond acceptors (Lipinski definition) is 2. The van der Waals surface area contributed by atoms with Crippen LogP contribution in [0, 0.1) is 6.92 Å². The van der Waals surface area contributed by atoms with Gasteiger partial charge in [-0.05, 0) is 41.8 Å². The first-order valence-electron chi connectivity index (χ1n) is 7.73. The number of ether oxygens (including phenoxy) is 2. The van der Waals surface area contributed by atoms with Crippen molar-refractivity contribution in [1.29, 1.82) is 0 Å². The minimum atomic E-state index is -3.02. The van der Waals surface area contributed by atoms with Crippen LogP contribution in [0.25, 0.3) is 0 Å². The maximum atomic E-state index is 12.8. The Bertz CT molecular complexity index is 603. The molecule has 0 aliphatic heterocycles. The predicted octanol–water partition coefficient (Wildman–Crippen LogP) is 4.86. The SMILES string of the molecule is [CH2-]CCOc1ccc(Cc2ccc(OCC(F)C(F)F)cc2)cc1.[W]. The number of alkyl halides is 3. The van der Waals surface area contributed by atoms with E-state index < -0.39 is 19.2 Å². The van der Waals surface area contributed by atoms with Gasteiger partial charge in [-0.3, -0.25) is 0 Å². The molecule has 0 saturated carbocycles. The van der Waals surface area contributed by atoms with E-state index >= 15 is 0 Å². The number of benzene rings is 2. The summed E-state index contributed by atoms with van der Waals surface area (Å²) < 4.78 is 47.4. The Morgan fingerprint density at radius 2 is 1.28 bits per heavy atom. The Balaban J connectivity index is 0.00000312. The number of hydrogen-bond donors (Lipinski definition) is 0. The maximum absolute atomic E-state index is 12.8. The molecular formula is C19H20F3O2W-. The molecule has 0 aromatic heterocycles. The molecule has 2 aromatic rings. The Kier molecular flexibility index (Phi) is 9.66. The smallest absolute Gasteiger partial charge is 0.272 e. The van der Waals surface area contributed by atoms with Crippen molar-refractivity contribution in [2.75, 3.05) is 13.2 Å². The van der Waals surface area contributed by atoms with Crippen molar-refractivity contribution >= 4 is 0 Å². The van der Waals surface area contributed by atoms with E-state index in [2.05, 4.69) is 6.92 Å². The van der Waals surface area contributed by atoms with Crippen LogP contribution in [0.2, 0.25) is 0 Å². The summed E-state index contributed by atoms with van der Waals surface area (Å²) in [6.07, 6.45) is -3.85. The summed E-state index contributed by atoms with van der Waals surface area (Å²) in [6, 6.07) is 14.8. The summed E-state index contributed by atoms with van der Waals surface area (Å²) in [4.78, 5) is 0. The molecule has 1 atom stereocenters. The zero-order valence-corrected chi connectivity index (χ0v) is 16.6. The third kappa shape index (κ3) is 7.51. The molecule has 0 radical (unpaired) electrons. The van der Waals surface area contributed by atoms with E-state index in [1.54, 1.807) is 12.1 Å². The van der Waals surface area contributed by atoms with Gasteiger partial charge in [-0.2, -0.15) is 0 Å². The quantitative estimate of drug-likeness (QED) is 0.440. The fourth-order valence-electron chi connectivity index (χ4n) is 2.08. The monoisotopic (exact) mass is 521 g/mol. The van der Waals surface area contributed by atoms with Gasteiger partial charge < -0.3 is 16.4 Å². The molecule has 25 heavy (non-hydrogen) atoms. The van der Waals surface area contributed by atoms with Crippen molar-refractivity contribution in [3.05, 3.63) is 66.6 Å². The summed E-state index contributed by atoms with van der Waals surface area (Å²) in [5.74, 6) is 1.19. The zero-order chi connectivity index (χ0) is 17.4. The second-order valence-electron chi connectivity index (χ2n) is 5.33. The van der Waals surface area contributed by atoms with Gasteiger partial charge in [-0.1, -0.05) is 24.3 Å². The van der Waals surface area contributed by atoms with Crippen LogP contribution < -0.4 is 9.47 Å². The molecule has 0 spiro atoms. The van der Waals surface area contributed by atoms with Crippen LogP contribution in [0.4, 0.5) is 13.2 Å². The Morgan fingerprint density at radius 1 is 0.800 bits per heavy atom. The van der Waals surface area contributed by atoms with Crippen molar-refractivity contribution in [1.82, 2.24) is 0 Å². The van der Waals surface area contributed by atoms with Crippen molar-refractivity contribution in [3.8, 4) is 11.5 Å². The Morgan fingerprint density at radius 3 is 1.72 bits per heavy atom. The van der Waals surface area contributed by atoms with Crippen LogP contribution in [0.15, 0.2) is 48.5 Å². The molecule has 136 valence electrons. The second kappa shape index (κ2) is 11.2. The molecule has 2 rings (SSSR count). The second-order valence-corrected chi connectivity index (χ2v) is 5.33. The molecule has 6 heteroatoms. The van der Waals surface area contributed by atoms with E-state index in [0.717, 1.165) is 29.7 Å². The van der Waals surface area contributed by atoms with Crippen LogP contribution in [0.1, 0.15) is 17.5 Å². The van der Waals surface area contributed by atoms with Gasteiger partial charge >= 0.3 is 0 Å². The van der Waals surface area contributed by atoms with E-state index in [4.69, 9.17) is 9.47 Å². The summed E-state index contributed by atoms with van der Waals surface area (Å²) in [5, 5.41) is 0. The van der Waals surface area contributed by atoms with E-state index in [-0.39, 0.29) is 21.1 Å². The van der Waals surface area contributed by atoms with Crippen LogP contribution in [0.3, 0.4) is 0 Å². The number of halogens is 3. The summed E-state index contributed by atoms with van der Waals surface area (Å²) in [6.45, 7) is 3.66. The molecule has 0 amide bonds. The molecule has 2 aromatic carbocycles. The molecule has 0 aliphatic carbocycles. The van der Waals surface area contributed by atoms with Gasteiger partial charge in [0.25, 0.3) is 6.43 Å². The first-order valence-corrected chi connectivity index (χ1v) is 7.73. The molecule has 0 heterocycles. The van der Waals surface area contributed by atoms with Gasteiger partial charge in [0.15, 0.2) is 6.17 Å². The molecule has 2 nitrogen and oxygen atoms in total. The van der Waals surface area contributed by atoms with Gasteiger partial charge in [0, 0.05) is 21.1 Å². The summed E-state index contributed by atoms with van der Waals surface area (Å²) in [5.41, 5.74) is 2.16. The normalized spacial score (nSPS) is 11.7. The van der Waals surface area contributed by atoms with Gasteiger partial charge in [0.05, 0.1) is 6.61 Å². The van der Waals surface area contributed by atoms with Gasteiger partial charge in [0.1, 0.15) is 18.1 Å². The molecule has 1 unspecified atom stereocenters. The Labute approximate surface area is 160 Å². The fourth-order valence-corrected chi connectivity index (χ4v) is 2.08. The van der Waals surface area contributed by atoms with E-state index in [1.807, 2.05) is 36.4 Å². The summed E-state index contributed by atoms with van der Waals surface area (Å²) >= 11 is 0. The molecular weight excluding hydrogens is 501 g/mol. The molecule has 0 N–H and O–H groups in total. The van der Waals surface area contributed by atoms with Crippen molar-refractivity contribution < 1.29 is 43.7 Å². The van der Waals surface area contributed by atoms with Crippen molar-refractivity contribution in [3.63, 3.8) is 0 Å². The maximum Gasteiger partial charge on any atom is 0.272 e. The first-order chi connectivity index (χ1) is 11.6. The molecule has 0 bridgehead atoms. The standard InChI is InChI=1S/C19H20F3O2.W/c1-2-11-23-16-7-3-14(4-8-16)12-15-5-9-17(10-6-15)24-13-18(20)19(21)22;/h3-10,18-19H,1-2,11-13H2;/q-1;. The van der Waals surface area contributed by atoms with Crippen molar-refractivity contribution in [2.24, 2.45) is 0 Å². The number of rotatable bonds is 9. The Hall–Kier alpha value is -1.48. The van der Waals surface area contributed by atoms with E-state index in [9.17, 15) is 13.2 Å². The minimum absolute atomic E-state index is 0. The molecule has 0 fully saturated rings. The van der Waals surface area contributed by atoms with Crippen LogP contribution >= 0.6 is 0 Å². The predicted molar refractivity (Wildman–Crippen MR) is 87.6 cm³/mol. The third-order valence-corrected chi connectivity index (χ3v) is 3.35. The van der Waals surface area contributed by atoms with Gasteiger partial charge in [-0.25, -0.2) is 13.2 Å². The summed E-state index contributed by atoms with van der Waals surface area (Å²) in [7, 11) is 0. The third-order valence-electron chi connectivity index (χ3n) is 3.35. The van der Waals surface area contributed by atoms with Gasteiger partial charge in [0.2, 0.25) is 0 Å². The average Bonchev–Trinajstić information content (AvgIpc) is 2.60. The zero-order valence-electron chi connectivity index (χ0n) is 13.7. The van der Waals surface area contributed by atoms with E-state index in [0.29, 0.717) is 12.4 Å².